The van der Waals surface area contributed by atoms with E-state index in [1.165, 1.54) is 11.1 Å². The SMILES string of the molecule is Cc1cc(C)cc(NC(N)=NCc2ccnc(N(C)C)c2)c1.I. The smallest absolute Gasteiger partial charge is 0.193 e. The van der Waals surface area contributed by atoms with Gasteiger partial charge in [-0.1, -0.05) is 6.07 Å². The predicted octanol–water partition coefficient (Wildman–Crippen LogP) is 3.31. The van der Waals surface area contributed by atoms with E-state index < -0.39 is 0 Å². The fourth-order valence-corrected chi connectivity index (χ4v) is 2.21. The van der Waals surface area contributed by atoms with Crippen molar-refractivity contribution in [3.8, 4) is 0 Å². The van der Waals surface area contributed by atoms with Gasteiger partial charge in [0.25, 0.3) is 0 Å². The zero-order chi connectivity index (χ0) is 16.1. The fourth-order valence-electron chi connectivity index (χ4n) is 2.21. The van der Waals surface area contributed by atoms with Gasteiger partial charge in [-0.3, -0.25) is 0 Å². The molecule has 2 aromatic rings. The fraction of sp³-hybridized carbons (Fsp3) is 0.294. The number of benzene rings is 1. The van der Waals surface area contributed by atoms with Crippen LogP contribution in [0, 0.1) is 13.8 Å². The van der Waals surface area contributed by atoms with Gasteiger partial charge in [0.05, 0.1) is 6.54 Å². The lowest BCUT2D eigenvalue weighted by Crippen LogP contribution is -2.22. The van der Waals surface area contributed by atoms with Crippen molar-refractivity contribution in [1.29, 1.82) is 0 Å². The second-order valence-corrected chi connectivity index (χ2v) is 5.62. The monoisotopic (exact) mass is 425 g/mol. The number of hydrogen-bond acceptors (Lipinski definition) is 3. The van der Waals surface area contributed by atoms with Crippen molar-refractivity contribution in [3.63, 3.8) is 0 Å². The second-order valence-electron chi connectivity index (χ2n) is 5.62. The van der Waals surface area contributed by atoms with E-state index in [9.17, 15) is 0 Å². The minimum atomic E-state index is 0. The highest BCUT2D eigenvalue weighted by Gasteiger charge is 2.00. The van der Waals surface area contributed by atoms with Crippen LogP contribution in [0.3, 0.4) is 0 Å². The highest BCUT2D eigenvalue weighted by Crippen LogP contribution is 2.14. The topological polar surface area (TPSA) is 66.5 Å². The number of hydrogen-bond donors (Lipinski definition) is 2. The summed E-state index contributed by atoms with van der Waals surface area (Å²) in [5.41, 5.74) is 10.4. The Morgan fingerprint density at radius 2 is 1.83 bits per heavy atom. The summed E-state index contributed by atoms with van der Waals surface area (Å²) in [6, 6.07) is 10.2. The summed E-state index contributed by atoms with van der Waals surface area (Å²) in [6.45, 7) is 4.64. The Balaban J connectivity index is 0.00000264. The third-order valence-corrected chi connectivity index (χ3v) is 3.19. The van der Waals surface area contributed by atoms with E-state index in [2.05, 4.69) is 35.2 Å². The Labute approximate surface area is 155 Å². The van der Waals surface area contributed by atoms with Crippen LogP contribution >= 0.6 is 24.0 Å². The maximum Gasteiger partial charge on any atom is 0.193 e. The number of nitrogens with one attached hydrogen (secondary N) is 1. The normalized spacial score (nSPS) is 10.9. The molecule has 0 saturated carbocycles. The largest absolute Gasteiger partial charge is 0.370 e. The van der Waals surface area contributed by atoms with Crippen LogP contribution in [0.5, 0.6) is 0 Å². The zero-order valence-corrected chi connectivity index (χ0v) is 16.3. The number of halogens is 1. The van der Waals surface area contributed by atoms with Crippen LogP contribution in [0.15, 0.2) is 41.5 Å². The average molecular weight is 425 g/mol. The minimum Gasteiger partial charge on any atom is -0.370 e. The predicted molar refractivity (Wildman–Crippen MR) is 109 cm³/mol. The first-order valence-corrected chi connectivity index (χ1v) is 7.21. The van der Waals surface area contributed by atoms with E-state index in [1.807, 2.05) is 43.3 Å². The molecule has 0 saturated heterocycles. The Morgan fingerprint density at radius 3 is 2.43 bits per heavy atom. The van der Waals surface area contributed by atoms with Crippen LogP contribution in [-0.4, -0.2) is 25.0 Å². The summed E-state index contributed by atoms with van der Waals surface area (Å²) in [7, 11) is 3.93. The van der Waals surface area contributed by atoms with Gasteiger partial charge in [0.1, 0.15) is 5.82 Å². The van der Waals surface area contributed by atoms with Gasteiger partial charge in [0.2, 0.25) is 0 Å². The third kappa shape index (κ3) is 6.05. The third-order valence-electron chi connectivity index (χ3n) is 3.19. The lowest BCUT2D eigenvalue weighted by Gasteiger charge is -2.11. The molecule has 5 nitrogen and oxygen atoms in total. The Bertz CT molecular complexity index is 662. The van der Waals surface area contributed by atoms with Crippen molar-refractivity contribution in [1.82, 2.24) is 4.98 Å². The first-order valence-electron chi connectivity index (χ1n) is 7.21. The van der Waals surface area contributed by atoms with E-state index in [1.54, 1.807) is 6.20 Å². The summed E-state index contributed by atoms with van der Waals surface area (Å²) < 4.78 is 0. The first kappa shape index (κ1) is 19.2. The number of anilines is 2. The molecule has 3 N–H and O–H groups in total. The molecule has 6 heteroatoms. The number of aliphatic imine (C=N–C) groups is 1. The molecule has 0 amide bonds. The summed E-state index contributed by atoms with van der Waals surface area (Å²) in [5, 5.41) is 3.13. The van der Waals surface area contributed by atoms with Gasteiger partial charge in [0.15, 0.2) is 5.96 Å². The molecular weight excluding hydrogens is 401 g/mol. The molecule has 1 heterocycles. The van der Waals surface area contributed by atoms with Gasteiger partial charge in [-0.15, -0.1) is 24.0 Å². The highest BCUT2D eigenvalue weighted by molar-refractivity contribution is 14.0. The van der Waals surface area contributed by atoms with Crippen LogP contribution in [0.25, 0.3) is 0 Å². The van der Waals surface area contributed by atoms with Crippen molar-refractivity contribution in [2.45, 2.75) is 20.4 Å². The molecule has 0 radical (unpaired) electrons. The molecule has 0 atom stereocenters. The molecule has 0 bridgehead atoms. The summed E-state index contributed by atoms with van der Waals surface area (Å²) >= 11 is 0. The number of nitrogens with zero attached hydrogens (tertiary/aromatic N) is 3. The molecule has 0 spiro atoms. The van der Waals surface area contributed by atoms with E-state index in [-0.39, 0.29) is 24.0 Å². The van der Waals surface area contributed by atoms with Crippen molar-refractivity contribution >= 4 is 41.4 Å². The highest BCUT2D eigenvalue weighted by atomic mass is 127. The summed E-state index contributed by atoms with van der Waals surface area (Å²) in [5.74, 6) is 1.32. The van der Waals surface area contributed by atoms with E-state index in [0.717, 1.165) is 17.1 Å². The molecule has 0 aliphatic rings. The number of guanidine groups is 1. The molecule has 124 valence electrons. The second kappa shape index (κ2) is 8.71. The van der Waals surface area contributed by atoms with Crippen molar-refractivity contribution in [3.05, 3.63) is 53.2 Å². The number of nitrogens with two attached hydrogens (primary N) is 1. The number of rotatable bonds is 4. The molecule has 23 heavy (non-hydrogen) atoms. The molecule has 0 aliphatic carbocycles. The zero-order valence-electron chi connectivity index (χ0n) is 14.0. The Kier molecular flexibility index (Phi) is 7.28. The van der Waals surface area contributed by atoms with Crippen LogP contribution in [0.2, 0.25) is 0 Å². The van der Waals surface area contributed by atoms with Gasteiger partial charge in [-0.2, -0.15) is 0 Å². The van der Waals surface area contributed by atoms with E-state index >= 15 is 0 Å². The number of pyridine rings is 1. The maximum atomic E-state index is 5.96. The standard InChI is InChI=1S/C17H23N5.HI/c1-12-7-13(2)9-15(8-12)21-17(18)20-11-14-5-6-19-16(10-14)22(3)4;/h5-10H,11H2,1-4H3,(H3,18,20,21);1H. The quantitative estimate of drug-likeness (QED) is 0.448. The number of aryl methyl sites for hydroxylation is 2. The Morgan fingerprint density at radius 1 is 1.17 bits per heavy atom. The maximum absolute atomic E-state index is 5.96. The molecular formula is C17H24IN5. The van der Waals surface area contributed by atoms with Gasteiger partial charge in [0, 0.05) is 26.0 Å². The van der Waals surface area contributed by atoms with Crippen LogP contribution in [0.4, 0.5) is 11.5 Å². The molecule has 0 aliphatic heterocycles. The molecule has 1 aromatic heterocycles. The molecule has 1 aromatic carbocycles. The van der Waals surface area contributed by atoms with Crippen molar-refractivity contribution < 1.29 is 0 Å². The van der Waals surface area contributed by atoms with Crippen LogP contribution in [0.1, 0.15) is 16.7 Å². The lowest BCUT2D eigenvalue weighted by atomic mass is 10.1. The first-order chi connectivity index (χ1) is 10.4. The van der Waals surface area contributed by atoms with E-state index in [4.69, 9.17) is 5.73 Å². The van der Waals surface area contributed by atoms with E-state index in [0.29, 0.717) is 12.5 Å². The van der Waals surface area contributed by atoms with Gasteiger partial charge in [-0.25, -0.2) is 9.98 Å². The number of aromatic nitrogens is 1. The van der Waals surface area contributed by atoms with Gasteiger partial charge >= 0.3 is 0 Å². The Hall–Kier alpha value is -1.83. The molecule has 0 fully saturated rings. The van der Waals surface area contributed by atoms with Gasteiger partial charge < -0.3 is 16.0 Å². The van der Waals surface area contributed by atoms with Crippen LogP contribution in [-0.2, 0) is 6.54 Å². The average Bonchev–Trinajstić information content (AvgIpc) is 2.44. The van der Waals surface area contributed by atoms with Gasteiger partial charge in [-0.05, 0) is 54.8 Å². The molecule has 0 unspecified atom stereocenters. The summed E-state index contributed by atoms with van der Waals surface area (Å²) in [4.78, 5) is 10.6. The minimum absolute atomic E-state index is 0. The van der Waals surface area contributed by atoms with Crippen LogP contribution < -0.4 is 16.0 Å². The van der Waals surface area contributed by atoms with Crippen molar-refractivity contribution in [2.24, 2.45) is 10.7 Å². The van der Waals surface area contributed by atoms with Crippen molar-refractivity contribution in [2.75, 3.05) is 24.3 Å². The summed E-state index contributed by atoms with van der Waals surface area (Å²) in [6.07, 6.45) is 1.79. The molecule has 2 rings (SSSR count). The lowest BCUT2D eigenvalue weighted by molar-refractivity contribution is 1.02.